The molecule has 12 aromatic rings. The quantitative estimate of drug-likeness (QED) is 0.184. The van der Waals surface area contributed by atoms with Crippen molar-refractivity contribution in [2.45, 2.75) is 0 Å². The van der Waals surface area contributed by atoms with Crippen molar-refractivity contribution in [2.75, 3.05) is 0 Å². The van der Waals surface area contributed by atoms with Crippen LogP contribution in [0.1, 0.15) is 13.7 Å². The van der Waals surface area contributed by atoms with Crippen LogP contribution in [0.15, 0.2) is 154 Å². The van der Waals surface area contributed by atoms with Crippen LogP contribution in [-0.2, 0) is 0 Å². The Balaban J connectivity index is 1.28. The fourth-order valence-corrected chi connectivity index (χ4v) is 8.37. The van der Waals surface area contributed by atoms with E-state index in [-0.39, 0.29) is 77.7 Å². The molecule has 12 rings (SSSR count). The fraction of sp³-hybridized carbons (Fsp3) is 0. The van der Waals surface area contributed by atoms with Gasteiger partial charge in [-0.2, -0.15) is 9.97 Å². The van der Waals surface area contributed by atoms with E-state index < -0.39 is 42.3 Å². The van der Waals surface area contributed by atoms with Crippen molar-refractivity contribution in [1.29, 1.82) is 0 Å². The molecule has 0 bridgehead atoms. The summed E-state index contributed by atoms with van der Waals surface area (Å²) in [6.07, 6.45) is 0. The average Bonchev–Trinajstić information content (AvgIpc) is 4.07. The Morgan fingerprint density at radius 1 is 0.538 bits per heavy atom. The van der Waals surface area contributed by atoms with Gasteiger partial charge in [-0.3, -0.25) is 4.57 Å². The summed E-state index contributed by atoms with van der Waals surface area (Å²) in [5.41, 5.74) is 3.64. The third-order valence-corrected chi connectivity index (χ3v) is 10.7. The van der Waals surface area contributed by atoms with E-state index in [9.17, 15) is 5.48 Å². The molecular weight excluding hydrogens is 661 g/mol. The lowest BCUT2D eigenvalue weighted by Gasteiger charge is -2.11. The molecule has 0 fully saturated rings. The molecule has 0 spiro atoms. The number of benzene rings is 7. The Bertz CT molecular complexity index is 4020. The van der Waals surface area contributed by atoms with E-state index in [2.05, 4.69) is 0 Å². The number of furan rings is 2. The second-order valence-electron chi connectivity index (χ2n) is 12.4. The molecule has 242 valence electrons. The molecule has 5 aromatic heterocycles. The van der Waals surface area contributed by atoms with Crippen molar-refractivity contribution in [3.05, 3.63) is 145 Å². The molecule has 7 heteroatoms. The van der Waals surface area contributed by atoms with Crippen molar-refractivity contribution in [1.82, 2.24) is 19.5 Å². The number of hydrogen-bond donors (Lipinski definition) is 0. The average molecular weight is 695 g/mol. The van der Waals surface area contributed by atoms with Crippen molar-refractivity contribution >= 4 is 97.2 Å². The zero-order valence-corrected chi connectivity index (χ0v) is 27.4. The van der Waals surface area contributed by atoms with E-state index in [4.69, 9.17) is 32.0 Å². The third-order valence-electron chi connectivity index (χ3n) is 9.57. The topological polar surface area (TPSA) is 69.9 Å². The van der Waals surface area contributed by atoms with Gasteiger partial charge in [-0.25, -0.2) is 4.98 Å². The predicted molar refractivity (Wildman–Crippen MR) is 212 cm³/mol. The predicted octanol–water partition coefficient (Wildman–Crippen LogP) is 12.5. The molecule has 7 aromatic carbocycles. The van der Waals surface area contributed by atoms with E-state index in [0.717, 1.165) is 32.9 Å². The van der Waals surface area contributed by atoms with Gasteiger partial charge in [0, 0.05) is 53.4 Å². The van der Waals surface area contributed by atoms with Crippen molar-refractivity contribution in [2.24, 2.45) is 0 Å². The van der Waals surface area contributed by atoms with Crippen LogP contribution in [-0.4, -0.2) is 19.5 Å². The highest BCUT2D eigenvalue weighted by Crippen LogP contribution is 2.43. The van der Waals surface area contributed by atoms with Crippen LogP contribution in [0.5, 0.6) is 0 Å². The van der Waals surface area contributed by atoms with E-state index in [0.29, 0.717) is 33.5 Å². The number of nitrogens with zero attached hydrogens (tertiary/aromatic N) is 4. The summed E-state index contributed by atoms with van der Waals surface area (Å²) in [6.45, 7) is 0. The summed E-state index contributed by atoms with van der Waals surface area (Å²) in [4.78, 5) is 15.2. The van der Waals surface area contributed by atoms with Gasteiger partial charge in [0.25, 0.3) is 0 Å². The first kappa shape index (κ1) is 20.1. The van der Waals surface area contributed by atoms with Gasteiger partial charge < -0.3 is 8.83 Å². The fourth-order valence-electron chi connectivity index (χ4n) is 7.27. The lowest BCUT2D eigenvalue weighted by Crippen LogP contribution is -2.06. The highest BCUT2D eigenvalue weighted by Gasteiger charge is 2.23. The van der Waals surface area contributed by atoms with Crippen LogP contribution in [0.3, 0.4) is 0 Å². The Labute approximate surface area is 312 Å². The molecule has 0 saturated carbocycles. The minimum absolute atomic E-state index is 0.0143. The first-order valence-corrected chi connectivity index (χ1v) is 17.2. The van der Waals surface area contributed by atoms with Crippen LogP contribution in [0.4, 0.5) is 0 Å². The van der Waals surface area contributed by atoms with E-state index in [1.54, 1.807) is 0 Å². The summed E-state index contributed by atoms with van der Waals surface area (Å²) in [6, 6.07) is 22.0. The van der Waals surface area contributed by atoms with Gasteiger partial charge in [0.2, 0.25) is 5.95 Å². The second kappa shape index (κ2) is 10.4. The summed E-state index contributed by atoms with van der Waals surface area (Å²) >= 11 is 0.983. The van der Waals surface area contributed by atoms with Gasteiger partial charge in [0.05, 0.1) is 35.0 Å². The zero-order valence-electron chi connectivity index (χ0n) is 36.6. The van der Waals surface area contributed by atoms with Crippen molar-refractivity contribution in [3.63, 3.8) is 0 Å². The lowest BCUT2D eigenvalue weighted by molar-refractivity contribution is 0.669. The summed E-state index contributed by atoms with van der Waals surface area (Å²) < 4.78 is 104. The van der Waals surface area contributed by atoms with Gasteiger partial charge in [-0.05, 0) is 48.5 Å². The monoisotopic (exact) mass is 694 g/mol. The van der Waals surface area contributed by atoms with Gasteiger partial charge >= 0.3 is 0 Å². The SMILES string of the molecule is [2H]c1c([2H])c([2H])c2c(sc3c2c([2H])c([2H])c2c4c([2H])c([2H])c([2H])c([2H])c4n(-c4nc(-c5ccc6oc7ccccc7c6c5)nc(-c5cccc6c5oc5ccccc56)n4)c32)c1[2H]. The standard InChI is InChI=1S/C45H24N4O2S/c1-5-16-35-26(10-1)30-21-22-32-29-13-4-8-19-39(29)52-42(32)40(30)49(35)45-47-43(25-20-23-38-34(24-25)28-12-3-6-17-36(28)50-38)46-44(48-45)33-15-9-14-31-27-11-2-7-18-37(27)51-41(31)33/h1-24H/i1D,4D,5D,8D,10D,13D,16D,19D,21D,22D. The minimum atomic E-state index is -0.546. The molecule has 5 heterocycles. The van der Waals surface area contributed by atoms with Gasteiger partial charge in [-0.15, -0.1) is 11.3 Å². The lowest BCUT2D eigenvalue weighted by atomic mass is 10.1. The Kier molecular flexibility index (Phi) is 4.01. The molecule has 0 atom stereocenters. The van der Waals surface area contributed by atoms with E-state index in [1.807, 2.05) is 84.9 Å². The second-order valence-corrected chi connectivity index (χ2v) is 13.4. The highest BCUT2D eigenvalue weighted by molar-refractivity contribution is 7.26. The molecule has 0 saturated heterocycles. The number of thiophene rings is 1. The molecule has 0 unspecified atom stereocenters. The Morgan fingerprint density at radius 3 is 2.15 bits per heavy atom. The number of para-hydroxylation sites is 4. The minimum Gasteiger partial charge on any atom is -0.456 e. The summed E-state index contributed by atoms with van der Waals surface area (Å²) in [7, 11) is 0. The smallest absolute Gasteiger partial charge is 0.238 e. The Morgan fingerprint density at radius 2 is 1.25 bits per heavy atom. The molecular formula is C45H24N4O2S. The molecule has 0 aliphatic carbocycles. The van der Waals surface area contributed by atoms with Crippen LogP contribution in [0.2, 0.25) is 0 Å². The normalized spacial score (nSPS) is 14.9. The molecule has 0 amide bonds. The number of rotatable bonds is 3. The zero-order chi connectivity index (χ0) is 42.6. The third kappa shape index (κ3) is 3.85. The maximum Gasteiger partial charge on any atom is 0.238 e. The van der Waals surface area contributed by atoms with Crippen LogP contribution < -0.4 is 0 Å². The number of hydrogen-bond acceptors (Lipinski definition) is 6. The largest absolute Gasteiger partial charge is 0.456 e. The van der Waals surface area contributed by atoms with Gasteiger partial charge in [0.1, 0.15) is 22.3 Å². The molecule has 0 N–H and O–H groups in total. The van der Waals surface area contributed by atoms with E-state index >= 15 is 0 Å². The van der Waals surface area contributed by atoms with Crippen molar-refractivity contribution in [3.8, 4) is 28.7 Å². The molecule has 6 nitrogen and oxygen atoms in total. The van der Waals surface area contributed by atoms with Crippen LogP contribution >= 0.6 is 11.3 Å². The maximum atomic E-state index is 9.46. The molecule has 0 aliphatic rings. The molecule has 52 heavy (non-hydrogen) atoms. The molecule has 0 radical (unpaired) electrons. The van der Waals surface area contributed by atoms with Crippen LogP contribution in [0, 0.1) is 0 Å². The van der Waals surface area contributed by atoms with Crippen LogP contribution in [0.25, 0.3) is 115 Å². The summed E-state index contributed by atoms with van der Waals surface area (Å²) in [5, 5.41) is 3.48. The molecule has 0 aliphatic heterocycles. The first-order chi connectivity index (χ1) is 29.9. The van der Waals surface area contributed by atoms with Gasteiger partial charge in [-0.1, -0.05) is 96.9 Å². The number of fused-ring (bicyclic) bond motifs is 13. The Hall–Kier alpha value is -6.83. The summed E-state index contributed by atoms with van der Waals surface area (Å²) in [5.74, 6) is 0.269. The maximum absolute atomic E-state index is 9.46. The van der Waals surface area contributed by atoms with Gasteiger partial charge in [0.15, 0.2) is 11.6 Å². The first-order valence-electron chi connectivity index (χ1n) is 21.4. The highest BCUT2D eigenvalue weighted by atomic mass is 32.1. The number of aromatic nitrogens is 4. The van der Waals surface area contributed by atoms with E-state index in [1.165, 1.54) is 4.57 Å². The van der Waals surface area contributed by atoms with Crippen molar-refractivity contribution < 1.29 is 22.5 Å².